The van der Waals surface area contributed by atoms with Crippen molar-refractivity contribution in [3.05, 3.63) is 47.3 Å². The Hall–Kier alpha value is -2.98. The normalized spacial score (nSPS) is 15.9. The number of hydrogen-bond acceptors (Lipinski definition) is 7. The van der Waals surface area contributed by atoms with Crippen molar-refractivity contribution in [2.24, 2.45) is 0 Å². The van der Waals surface area contributed by atoms with Crippen molar-refractivity contribution in [1.29, 1.82) is 0 Å². The molecule has 3 rings (SSSR count). The number of hydrogen-bond donors (Lipinski definition) is 1. The van der Waals surface area contributed by atoms with Crippen LogP contribution >= 0.6 is 23.4 Å². The fourth-order valence-electron chi connectivity index (χ4n) is 3.51. The van der Waals surface area contributed by atoms with E-state index in [2.05, 4.69) is 26.8 Å². The molecule has 1 aliphatic rings. The van der Waals surface area contributed by atoms with Crippen LogP contribution in [0.5, 0.6) is 0 Å². The fourth-order valence-corrected chi connectivity index (χ4v) is 4.10. The minimum atomic E-state index is -0.412. The van der Waals surface area contributed by atoms with Crippen LogP contribution in [0.3, 0.4) is 0 Å². The van der Waals surface area contributed by atoms with Gasteiger partial charge in [-0.2, -0.15) is 0 Å². The predicted molar refractivity (Wildman–Crippen MR) is 122 cm³/mol. The molecule has 1 atom stereocenters. The molecule has 0 radical (unpaired) electrons. The Labute approximate surface area is 195 Å². The van der Waals surface area contributed by atoms with Crippen molar-refractivity contribution >= 4 is 41.1 Å². The maximum atomic E-state index is 12.3. The molecule has 32 heavy (non-hydrogen) atoms. The molecule has 0 saturated carbocycles. The highest BCUT2D eigenvalue weighted by molar-refractivity contribution is 7.98. The molecule has 2 aromatic heterocycles. The lowest BCUT2D eigenvalue weighted by molar-refractivity contribution is -0.139. The standard InChI is InChI=1S/C21H23ClN6O3S/c1-5-19(30)27-6-7-28(12(2)29)17(11-27)13-8-14(24-18(22)9-13)15-10-16(20(31)23-3)26-21(25-15)32-4/h5,8-10,17H,1,6-7,11H2,2-4H3,(H,23,31)/t17-/m0/s1. The number of pyridine rings is 1. The lowest BCUT2D eigenvalue weighted by Crippen LogP contribution is -2.51. The molecule has 1 N–H and O–H groups in total. The van der Waals surface area contributed by atoms with Gasteiger partial charge in [0.2, 0.25) is 11.8 Å². The van der Waals surface area contributed by atoms with E-state index in [0.717, 1.165) is 0 Å². The van der Waals surface area contributed by atoms with Crippen LogP contribution in [0.25, 0.3) is 11.4 Å². The summed E-state index contributed by atoms with van der Waals surface area (Å²) in [6.45, 7) is 6.15. The van der Waals surface area contributed by atoms with E-state index in [1.165, 1.54) is 37.9 Å². The van der Waals surface area contributed by atoms with Crippen LogP contribution in [0, 0.1) is 0 Å². The Bertz CT molecular complexity index is 1080. The van der Waals surface area contributed by atoms with Crippen LogP contribution in [0.15, 0.2) is 36.0 Å². The zero-order valence-corrected chi connectivity index (χ0v) is 19.5. The Balaban J connectivity index is 2.08. The second kappa shape index (κ2) is 10.1. The predicted octanol–water partition coefficient (Wildman–Crippen LogP) is 2.19. The van der Waals surface area contributed by atoms with Crippen LogP contribution in [-0.4, -0.2) is 75.4 Å². The highest BCUT2D eigenvalue weighted by Gasteiger charge is 2.32. The molecule has 2 aromatic rings. The zero-order valence-electron chi connectivity index (χ0n) is 18.0. The van der Waals surface area contributed by atoms with Gasteiger partial charge in [-0.3, -0.25) is 14.4 Å². The third-order valence-electron chi connectivity index (χ3n) is 5.08. The van der Waals surface area contributed by atoms with E-state index >= 15 is 0 Å². The summed E-state index contributed by atoms with van der Waals surface area (Å²) < 4.78 is 0. The van der Waals surface area contributed by atoms with Gasteiger partial charge in [0.05, 0.1) is 17.4 Å². The molecule has 3 amide bonds. The van der Waals surface area contributed by atoms with Gasteiger partial charge in [0.1, 0.15) is 10.8 Å². The molecule has 3 heterocycles. The average molecular weight is 475 g/mol. The molecule has 168 valence electrons. The van der Waals surface area contributed by atoms with Crippen molar-refractivity contribution in [2.45, 2.75) is 18.1 Å². The summed E-state index contributed by atoms with van der Waals surface area (Å²) in [6, 6.07) is 4.57. The topological polar surface area (TPSA) is 108 Å². The molecule has 0 spiro atoms. The molecule has 0 aromatic carbocycles. The number of thioether (sulfide) groups is 1. The fraction of sp³-hybridized carbons (Fsp3) is 0.333. The molecular weight excluding hydrogens is 452 g/mol. The lowest BCUT2D eigenvalue weighted by Gasteiger charge is -2.41. The van der Waals surface area contributed by atoms with Gasteiger partial charge in [0.15, 0.2) is 5.16 Å². The quantitative estimate of drug-likeness (QED) is 0.306. The second-order valence-electron chi connectivity index (χ2n) is 7.03. The summed E-state index contributed by atoms with van der Waals surface area (Å²) in [5, 5.41) is 3.17. The van der Waals surface area contributed by atoms with Gasteiger partial charge in [0.25, 0.3) is 5.91 Å². The summed E-state index contributed by atoms with van der Waals surface area (Å²) in [7, 11) is 1.52. The summed E-state index contributed by atoms with van der Waals surface area (Å²) in [5.41, 5.74) is 1.78. The van der Waals surface area contributed by atoms with Crippen LogP contribution in [0.1, 0.15) is 29.0 Å². The number of piperazine rings is 1. The van der Waals surface area contributed by atoms with E-state index in [9.17, 15) is 14.4 Å². The summed E-state index contributed by atoms with van der Waals surface area (Å²) >= 11 is 7.63. The van der Waals surface area contributed by atoms with E-state index < -0.39 is 6.04 Å². The Morgan fingerprint density at radius 3 is 2.53 bits per heavy atom. The van der Waals surface area contributed by atoms with E-state index in [4.69, 9.17) is 11.6 Å². The number of nitrogens with zero attached hydrogens (tertiary/aromatic N) is 5. The minimum absolute atomic E-state index is 0.108. The molecule has 1 saturated heterocycles. The first-order valence-electron chi connectivity index (χ1n) is 9.79. The number of nitrogens with one attached hydrogen (secondary N) is 1. The van der Waals surface area contributed by atoms with Gasteiger partial charge in [-0.25, -0.2) is 15.0 Å². The zero-order chi connectivity index (χ0) is 23.4. The van der Waals surface area contributed by atoms with E-state index in [1.54, 1.807) is 21.9 Å². The Morgan fingerprint density at radius 2 is 1.91 bits per heavy atom. The highest BCUT2D eigenvalue weighted by Crippen LogP contribution is 2.31. The van der Waals surface area contributed by atoms with Crippen LogP contribution in [0.2, 0.25) is 5.15 Å². The molecule has 11 heteroatoms. The Kier molecular flexibility index (Phi) is 7.47. The monoisotopic (exact) mass is 474 g/mol. The van der Waals surface area contributed by atoms with Crippen molar-refractivity contribution in [1.82, 2.24) is 30.1 Å². The third-order valence-corrected chi connectivity index (χ3v) is 5.82. The first-order valence-corrected chi connectivity index (χ1v) is 11.4. The number of halogens is 1. The van der Waals surface area contributed by atoms with Gasteiger partial charge < -0.3 is 15.1 Å². The smallest absolute Gasteiger partial charge is 0.269 e. The van der Waals surface area contributed by atoms with Gasteiger partial charge in [-0.05, 0) is 36.1 Å². The lowest BCUT2D eigenvalue weighted by atomic mass is 10.0. The Morgan fingerprint density at radius 1 is 1.19 bits per heavy atom. The number of aromatic nitrogens is 3. The van der Waals surface area contributed by atoms with Gasteiger partial charge in [0, 0.05) is 33.6 Å². The van der Waals surface area contributed by atoms with Crippen molar-refractivity contribution in [3.8, 4) is 11.4 Å². The summed E-state index contributed by atoms with van der Waals surface area (Å²) in [5.74, 6) is -0.655. The highest BCUT2D eigenvalue weighted by atomic mass is 35.5. The maximum Gasteiger partial charge on any atom is 0.269 e. The average Bonchev–Trinajstić information content (AvgIpc) is 2.81. The summed E-state index contributed by atoms with van der Waals surface area (Å²) in [4.78, 5) is 53.0. The number of amides is 3. The summed E-state index contributed by atoms with van der Waals surface area (Å²) in [6.07, 6.45) is 3.07. The van der Waals surface area contributed by atoms with E-state index in [-0.39, 0.29) is 28.6 Å². The van der Waals surface area contributed by atoms with Gasteiger partial charge >= 0.3 is 0 Å². The second-order valence-corrected chi connectivity index (χ2v) is 8.19. The SMILES string of the molecule is C=CC(=O)N1CCN(C(C)=O)[C@H](c2cc(Cl)nc(-c3cc(C(=O)NC)nc(SC)n3)c2)C1. The van der Waals surface area contributed by atoms with E-state index in [0.29, 0.717) is 41.7 Å². The van der Waals surface area contributed by atoms with E-state index in [1.807, 2.05) is 6.26 Å². The van der Waals surface area contributed by atoms with Crippen LogP contribution in [0.4, 0.5) is 0 Å². The van der Waals surface area contributed by atoms with Gasteiger partial charge in [-0.1, -0.05) is 29.9 Å². The third kappa shape index (κ3) is 5.08. The number of carbonyl (C=O) groups excluding carboxylic acids is 3. The number of carbonyl (C=O) groups is 3. The first kappa shape index (κ1) is 23.7. The van der Waals surface area contributed by atoms with Crippen LogP contribution in [-0.2, 0) is 9.59 Å². The molecule has 1 fully saturated rings. The minimum Gasteiger partial charge on any atom is -0.354 e. The molecule has 0 bridgehead atoms. The van der Waals surface area contributed by atoms with Gasteiger partial charge in [-0.15, -0.1) is 0 Å². The van der Waals surface area contributed by atoms with Crippen LogP contribution < -0.4 is 5.32 Å². The molecule has 1 aliphatic heterocycles. The molecule has 0 aliphatic carbocycles. The number of rotatable bonds is 5. The molecule has 9 nitrogen and oxygen atoms in total. The van der Waals surface area contributed by atoms with Crippen molar-refractivity contribution < 1.29 is 14.4 Å². The largest absolute Gasteiger partial charge is 0.354 e. The first-order chi connectivity index (χ1) is 15.3. The maximum absolute atomic E-state index is 12.3. The molecule has 0 unspecified atom stereocenters. The molecular formula is C21H23ClN6O3S. The van der Waals surface area contributed by atoms with Crippen molar-refractivity contribution in [3.63, 3.8) is 0 Å². The van der Waals surface area contributed by atoms with Crippen molar-refractivity contribution in [2.75, 3.05) is 32.9 Å².